The summed E-state index contributed by atoms with van der Waals surface area (Å²) in [5.41, 5.74) is 1.05. The molecule has 3 nitrogen and oxygen atoms in total. The van der Waals surface area contributed by atoms with Gasteiger partial charge >= 0.3 is 0 Å². The third kappa shape index (κ3) is 4.56. The minimum atomic E-state index is -0.664. The zero-order valence-corrected chi connectivity index (χ0v) is 12.4. The van der Waals surface area contributed by atoms with Crippen molar-refractivity contribution in [2.45, 2.75) is 40.0 Å². The number of hydrogen-bond donors (Lipinski definition) is 1. The predicted octanol–water partition coefficient (Wildman–Crippen LogP) is 3.94. The Morgan fingerprint density at radius 2 is 1.81 bits per heavy atom. The van der Waals surface area contributed by atoms with Crippen molar-refractivity contribution in [1.82, 2.24) is 5.32 Å². The Morgan fingerprint density at radius 3 is 2.43 bits per heavy atom. The van der Waals surface area contributed by atoms with Gasteiger partial charge in [-0.3, -0.25) is 0 Å². The zero-order valence-electron chi connectivity index (χ0n) is 12.4. The lowest BCUT2D eigenvalue weighted by Crippen LogP contribution is -2.21. The third-order valence-corrected chi connectivity index (χ3v) is 2.99. The molecule has 114 valence electrons. The van der Waals surface area contributed by atoms with Crippen LogP contribution in [0.25, 0.3) is 0 Å². The molecule has 1 aromatic carbocycles. The van der Waals surface area contributed by atoms with E-state index in [-0.39, 0.29) is 12.4 Å². The molecular weight excluding hydrogens is 276 g/mol. The number of ether oxygens (including phenoxy) is 1. The second kappa shape index (κ2) is 6.72. The van der Waals surface area contributed by atoms with Gasteiger partial charge in [0.25, 0.3) is 0 Å². The van der Waals surface area contributed by atoms with Crippen LogP contribution >= 0.6 is 0 Å². The van der Waals surface area contributed by atoms with Gasteiger partial charge in [-0.25, -0.2) is 8.78 Å². The maximum Gasteiger partial charge on any atom is 0.146 e. The molecule has 1 aromatic heterocycles. The van der Waals surface area contributed by atoms with Gasteiger partial charge < -0.3 is 14.5 Å². The summed E-state index contributed by atoms with van der Waals surface area (Å²) in [6.07, 6.45) is 0. The summed E-state index contributed by atoms with van der Waals surface area (Å²) in [5.74, 6) is 0.248. The molecule has 21 heavy (non-hydrogen) atoms. The molecule has 0 aliphatic carbocycles. The topological polar surface area (TPSA) is 34.4 Å². The van der Waals surface area contributed by atoms with E-state index in [2.05, 4.69) is 19.2 Å². The molecule has 0 bridgehead atoms. The first-order valence-electron chi connectivity index (χ1n) is 6.84. The van der Waals surface area contributed by atoms with Crippen molar-refractivity contribution in [1.29, 1.82) is 0 Å². The number of rotatable bonds is 6. The molecule has 0 saturated heterocycles. The van der Waals surface area contributed by atoms with E-state index >= 15 is 0 Å². The largest absolute Gasteiger partial charge is 0.485 e. The summed E-state index contributed by atoms with van der Waals surface area (Å²) in [6.45, 7) is 6.85. The van der Waals surface area contributed by atoms with Crippen LogP contribution in [-0.4, -0.2) is 6.04 Å². The van der Waals surface area contributed by atoms with Crippen LogP contribution in [0.15, 0.2) is 28.7 Å². The number of nitrogens with one attached hydrogen (secondary N) is 1. The average Bonchev–Trinajstić information content (AvgIpc) is 2.73. The van der Waals surface area contributed by atoms with E-state index in [1.54, 1.807) is 0 Å². The van der Waals surface area contributed by atoms with Crippen LogP contribution in [0, 0.1) is 18.6 Å². The third-order valence-electron chi connectivity index (χ3n) is 2.99. The van der Waals surface area contributed by atoms with Crippen molar-refractivity contribution in [2.75, 3.05) is 0 Å². The van der Waals surface area contributed by atoms with Crippen molar-refractivity contribution < 1.29 is 17.9 Å². The molecule has 0 amide bonds. The fraction of sp³-hybridized carbons (Fsp3) is 0.375. The van der Waals surface area contributed by atoms with E-state index in [1.807, 2.05) is 13.0 Å². The van der Waals surface area contributed by atoms with Crippen LogP contribution < -0.4 is 10.1 Å². The summed E-state index contributed by atoms with van der Waals surface area (Å²) in [5, 5.41) is 3.30. The molecule has 0 aliphatic heterocycles. The second-order valence-corrected chi connectivity index (χ2v) is 5.22. The molecule has 0 unspecified atom stereocenters. The van der Waals surface area contributed by atoms with E-state index < -0.39 is 11.6 Å². The van der Waals surface area contributed by atoms with Crippen molar-refractivity contribution in [2.24, 2.45) is 0 Å². The molecule has 0 saturated carbocycles. The summed E-state index contributed by atoms with van der Waals surface area (Å²) in [6, 6.07) is 5.36. The van der Waals surface area contributed by atoms with Crippen LogP contribution in [0.2, 0.25) is 0 Å². The van der Waals surface area contributed by atoms with Gasteiger partial charge in [-0.15, -0.1) is 0 Å². The van der Waals surface area contributed by atoms with E-state index in [0.717, 1.165) is 29.5 Å². The first-order chi connectivity index (χ1) is 9.94. The first-order valence-corrected chi connectivity index (χ1v) is 6.84. The van der Waals surface area contributed by atoms with Crippen LogP contribution in [-0.2, 0) is 13.2 Å². The highest BCUT2D eigenvalue weighted by atomic mass is 19.1. The van der Waals surface area contributed by atoms with Gasteiger partial charge in [0.1, 0.15) is 35.5 Å². The van der Waals surface area contributed by atoms with Gasteiger partial charge in [-0.2, -0.15) is 0 Å². The molecule has 0 aliphatic rings. The molecule has 0 radical (unpaired) electrons. The van der Waals surface area contributed by atoms with Crippen LogP contribution in [0.5, 0.6) is 5.75 Å². The summed E-state index contributed by atoms with van der Waals surface area (Å²) < 4.78 is 37.0. The quantitative estimate of drug-likeness (QED) is 0.876. The molecule has 0 atom stereocenters. The maximum atomic E-state index is 13.0. The molecule has 0 fully saturated rings. The average molecular weight is 295 g/mol. The lowest BCUT2D eigenvalue weighted by atomic mass is 10.2. The fourth-order valence-electron chi connectivity index (χ4n) is 1.91. The normalized spacial score (nSPS) is 11.1. The van der Waals surface area contributed by atoms with E-state index in [1.165, 1.54) is 0 Å². The Balaban J connectivity index is 1.98. The molecule has 5 heteroatoms. The standard InChI is InChI=1S/C16H19F2NO2/c1-10(2)19-8-12-4-16(21-11(12)3)9-20-15-6-13(17)5-14(18)7-15/h4-7,10,19H,8-9H2,1-3H3. The van der Waals surface area contributed by atoms with Crippen LogP contribution in [0.3, 0.4) is 0 Å². The van der Waals surface area contributed by atoms with E-state index in [9.17, 15) is 8.78 Å². The van der Waals surface area contributed by atoms with Crippen molar-refractivity contribution in [3.63, 3.8) is 0 Å². The molecular formula is C16H19F2NO2. The van der Waals surface area contributed by atoms with E-state index in [4.69, 9.17) is 9.15 Å². The Labute approximate surface area is 122 Å². The summed E-state index contributed by atoms with van der Waals surface area (Å²) in [4.78, 5) is 0. The van der Waals surface area contributed by atoms with Crippen LogP contribution in [0.4, 0.5) is 8.78 Å². The molecule has 2 rings (SSSR count). The van der Waals surface area contributed by atoms with E-state index in [0.29, 0.717) is 18.3 Å². The van der Waals surface area contributed by atoms with Crippen molar-refractivity contribution >= 4 is 0 Å². The Morgan fingerprint density at radius 1 is 1.14 bits per heavy atom. The highest BCUT2D eigenvalue weighted by molar-refractivity contribution is 5.25. The fourth-order valence-corrected chi connectivity index (χ4v) is 1.91. The number of hydrogen-bond acceptors (Lipinski definition) is 3. The van der Waals surface area contributed by atoms with Crippen molar-refractivity contribution in [3.05, 3.63) is 53.0 Å². The Kier molecular flexibility index (Phi) is 4.96. The molecule has 0 spiro atoms. The SMILES string of the molecule is Cc1oc(COc2cc(F)cc(F)c2)cc1CNC(C)C. The number of aryl methyl sites for hydroxylation is 1. The monoisotopic (exact) mass is 295 g/mol. The first kappa shape index (κ1) is 15.5. The number of halogens is 2. The molecule has 2 aromatic rings. The highest BCUT2D eigenvalue weighted by Crippen LogP contribution is 2.19. The van der Waals surface area contributed by atoms with Gasteiger partial charge in [-0.05, 0) is 13.0 Å². The predicted molar refractivity (Wildman–Crippen MR) is 76.1 cm³/mol. The van der Waals surface area contributed by atoms with Gasteiger partial charge in [0.2, 0.25) is 0 Å². The van der Waals surface area contributed by atoms with Gasteiger partial charge in [0.05, 0.1) is 0 Å². The smallest absolute Gasteiger partial charge is 0.146 e. The minimum absolute atomic E-state index is 0.130. The van der Waals surface area contributed by atoms with Gasteiger partial charge in [-0.1, -0.05) is 13.8 Å². The summed E-state index contributed by atoms with van der Waals surface area (Å²) >= 11 is 0. The van der Waals surface area contributed by atoms with Gasteiger partial charge in [0.15, 0.2) is 0 Å². The lowest BCUT2D eigenvalue weighted by molar-refractivity contribution is 0.265. The minimum Gasteiger partial charge on any atom is -0.485 e. The lowest BCUT2D eigenvalue weighted by Gasteiger charge is -2.06. The van der Waals surface area contributed by atoms with Crippen molar-refractivity contribution in [3.8, 4) is 5.75 Å². The van der Waals surface area contributed by atoms with Gasteiger partial charge in [0, 0.05) is 36.3 Å². The zero-order chi connectivity index (χ0) is 15.4. The molecule has 1 N–H and O–H groups in total. The second-order valence-electron chi connectivity index (χ2n) is 5.22. The molecule has 1 heterocycles. The highest BCUT2D eigenvalue weighted by Gasteiger charge is 2.09. The Bertz CT molecular complexity index is 588. The number of benzene rings is 1. The number of furan rings is 1. The maximum absolute atomic E-state index is 13.0. The Hall–Kier alpha value is -1.88. The summed E-state index contributed by atoms with van der Waals surface area (Å²) in [7, 11) is 0. The van der Waals surface area contributed by atoms with Crippen LogP contribution in [0.1, 0.15) is 30.9 Å².